The highest BCUT2D eigenvalue weighted by Gasteiger charge is 2.06. The summed E-state index contributed by atoms with van der Waals surface area (Å²) in [6.45, 7) is 2.16. The van der Waals surface area contributed by atoms with Crippen LogP contribution in [0.15, 0.2) is 28.2 Å². The number of fused-ring (bicyclic) bond motifs is 1. The standard InChI is InChI=1S/C12H15N3OS/c1-2-3-4-17-11-6-10-8(5-9(11)13)12(16)15-7-14-10/h5-7H,2-4,13H2,1H3,(H,14,15,16). The van der Waals surface area contributed by atoms with Crippen LogP contribution in [0.25, 0.3) is 10.9 Å². The summed E-state index contributed by atoms with van der Waals surface area (Å²) < 4.78 is 0. The molecule has 1 heterocycles. The monoisotopic (exact) mass is 249 g/mol. The molecule has 0 saturated heterocycles. The molecule has 0 amide bonds. The van der Waals surface area contributed by atoms with Crippen molar-refractivity contribution in [3.63, 3.8) is 0 Å². The summed E-state index contributed by atoms with van der Waals surface area (Å²) in [5.74, 6) is 1.04. The van der Waals surface area contributed by atoms with Gasteiger partial charge in [0.15, 0.2) is 0 Å². The zero-order chi connectivity index (χ0) is 12.3. The molecule has 3 N–H and O–H groups in total. The van der Waals surface area contributed by atoms with Crippen molar-refractivity contribution in [3.05, 3.63) is 28.8 Å². The van der Waals surface area contributed by atoms with Crippen molar-refractivity contribution in [2.75, 3.05) is 11.5 Å². The molecule has 0 aliphatic rings. The molecule has 1 aromatic carbocycles. The third-order valence-corrected chi connectivity index (χ3v) is 3.68. The number of hydrogen-bond donors (Lipinski definition) is 2. The number of rotatable bonds is 4. The van der Waals surface area contributed by atoms with E-state index in [1.54, 1.807) is 17.8 Å². The van der Waals surface area contributed by atoms with Gasteiger partial charge in [-0.15, -0.1) is 11.8 Å². The van der Waals surface area contributed by atoms with Crippen LogP contribution in [0.4, 0.5) is 5.69 Å². The molecule has 0 aliphatic carbocycles. The topological polar surface area (TPSA) is 71.8 Å². The predicted molar refractivity (Wildman–Crippen MR) is 72.4 cm³/mol. The van der Waals surface area contributed by atoms with Crippen LogP contribution in [0.3, 0.4) is 0 Å². The van der Waals surface area contributed by atoms with E-state index in [9.17, 15) is 4.79 Å². The molecule has 4 nitrogen and oxygen atoms in total. The second-order valence-corrected chi connectivity index (χ2v) is 4.98. The van der Waals surface area contributed by atoms with E-state index in [2.05, 4.69) is 16.9 Å². The van der Waals surface area contributed by atoms with Crippen molar-refractivity contribution >= 4 is 28.4 Å². The number of aromatic nitrogens is 2. The largest absolute Gasteiger partial charge is 0.398 e. The number of hydrogen-bond acceptors (Lipinski definition) is 4. The van der Waals surface area contributed by atoms with Gasteiger partial charge >= 0.3 is 0 Å². The minimum Gasteiger partial charge on any atom is -0.398 e. The van der Waals surface area contributed by atoms with E-state index in [0.29, 0.717) is 16.6 Å². The Morgan fingerprint density at radius 3 is 3.06 bits per heavy atom. The Kier molecular flexibility index (Phi) is 3.68. The summed E-state index contributed by atoms with van der Waals surface area (Å²) >= 11 is 1.72. The van der Waals surface area contributed by atoms with E-state index in [1.165, 1.54) is 12.7 Å². The van der Waals surface area contributed by atoms with Gasteiger partial charge in [-0.05, 0) is 24.3 Å². The minimum absolute atomic E-state index is 0.146. The number of nitrogen functional groups attached to an aromatic ring is 1. The van der Waals surface area contributed by atoms with Crippen molar-refractivity contribution in [2.45, 2.75) is 24.7 Å². The van der Waals surface area contributed by atoms with Gasteiger partial charge in [0.25, 0.3) is 5.56 Å². The van der Waals surface area contributed by atoms with Gasteiger partial charge in [0.2, 0.25) is 0 Å². The average Bonchev–Trinajstić information content (AvgIpc) is 2.31. The van der Waals surface area contributed by atoms with Gasteiger partial charge in [-0.1, -0.05) is 13.3 Å². The summed E-state index contributed by atoms with van der Waals surface area (Å²) in [6, 6.07) is 3.59. The molecular weight excluding hydrogens is 234 g/mol. The van der Waals surface area contributed by atoms with Crippen LogP contribution in [0.1, 0.15) is 19.8 Å². The number of nitrogens with two attached hydrogens (primary N) is 1. The van der Waals surface area contributed by atoms with E-state index >= 15 is 0 Å². The summed E-state index contributed by atoms with van der Waals surface area (Å²) in [5.41, 5.74) is 7.14. The second kappa shape index (κ2) is 5.23. The minimum atomic E-state index is -0.146. The molecule has 0 radical (unpaired) electrons. The summed E-state index contributed by atoms with van der Waals surface area (Å²) in [5, 5.41) is 0.546. The highest BCUT2D eigenvalue weighted by atomic mass is 32.2. The number of nitrogens with zero attached hydrogens (tertiary/aromatic N) is 1. The highest BCUT2D eigenvalue weighted by Crippen LogP contribution is 2.28. The maximum Gasteiger partial charge on any atom is 0.258 e. The van der Waals surface area contributed by atoms with Crippen molar-refractivity contribution in [1.29, 1.82) is 0 Å². The van der Waals surface area contributed by atoms with Gasteiger partial charge in [0.05, 0.1) is 17.2 Å². The first-order valence-electron chi connectivity index (χ1n) is 5.62. The Labute approximate surface area is 104 Å². The van der Waals surface area contributed by atoms with Crippen molar-refractivity contribution < 1.29 is 0 Å². The number of thioether (sulfide) groups is 1. The lowest BCUT2D eigenvalue weighted by molar-refractivity contribution is 0.896. The summed E-state index contributed by atoms with van der Waals surface area (Å²) in [4.78, 5) is 19.2. The van der Waals surface area contributed by atoms with Crippen LogP contribution in [0, 0.1) is 0 Å². The van der Waals surface area contributed by atoms with Crippen LogP contribution in [0.5, 0.6) is 0 Å². The lowest BCUT2D eigenvalue weighted by Crippen LogP contribution is -2.07. The molecule has 5 heteroatoms. The van der Waals surface area contributed by atoms with E-state index in [1.807, 2.05) is 6.07 Å². The van der Waals surface area contributed by atoms with Crippen molar-refractivity contribution in [1.82, 2.24) is 9.97 Å². The van der Waals surface area contributed by atoms with Gasteiger partial charge < -0.3 is 10.7 Å². The molecule has 0 spiro atoms. The molecule has 0 bridgehead atoms. The third-order valence-electron chi connectivity index (χ3n) is 2.53. The number of nitrogens with one attached hydrogen (secondary N) is 1. The van der Waals surface area contributed by atoms with Crippen LogP contribution in [-0.2, 0) is 0 Å². The first-order chi connectivity index (χ1) is 8.22. The molecule has 2 aromatic rings. The number of aromatic amines is 1. The highest BCUT2D eigenvalue weighted by molar-refractivity contribution is 7.99. The Morgan fingerprint density at radius 2 is 2.29 bits per heavy atom. The molecular formula is C12H15N3OS. The Morgan fingerprint density at radius 1 is 1.47 bits per heavy atom. The van der Waals surface area contributed by atoms with Crippen LogP contribution < -0.4 is 11.3 Å². The fourth-order valence-corrected chi connectivity index (χ4v) is 2.64. The second-order valence-electron chi connectivity index (χ2n) is 3.84. The molecule has 0 saturated carbocycles. The molecule has 0 atom stereocenters. The number of unbranched alkanes of at least 4 members (excludes halogenated alkanes) is 1. The van der Waals surface area contributed by atoms with E-state index in [4.69, 9.17) is 5.73 Å². The fraction of sp³-hybridized carbons (Fsp3) is 0.333. The smallest absolute Gasteiger partial charge is 0.258 e. The SMILES string of the molecule is CCCCSc1cc2nc[nH]c(=O)c2cc1N. The van der Waals surface area contributed by atoms with Crippen molar-refractivity contribution in [2.24, 2.45) is 0 Å². The Bertz CT molecular complexity index is 579. The lowest BCUT2D eigenvalue weighted by Gasteiger charge is -2.06. The molecule has 0 aliphatic heterocycles. The van der Waals surface area contributed by atoms with E-state index in [0.717, 1.165) is 17.1 Å². The normalized spacial score (nSPS) is 10.9. The third kappa shape index (κ3) is 2.61. The first-order valence-corrected chi connectivity index (χ1v) is 6.60. The average molecular weight is 249 g/mol. The molecule has 0 fully saturated rings. The predicted octanol–water partition coefficient (Wildman–Crippen LogP) is 2.40. The van der Waals surface area contributed by atoms with Gasteiger partial charge in [-0.3, -0.25) is 4.79 Å². The number of anilines is 1. The molecule has 0 unspecified atom stereocenters. The lowest BCUT2D eigenvalue weighted by atomic mass is 10.2. The van der Waals surface area contributed by atoms with Gasteiger partial charge in [-0.2, -0.15) is 0 Å². The van der Waals surface area contributed by atoms with Gasteiger partial charge in [0.1, 0.15) is 0 Å². The van der Waals surface area contributed by atoms with Crippen LogP contribution in [0.2, 0.25) is 0 Å². The molecule has 17 heavy (non-hydrogen) atoms. The quantitative estimate of drug-likeness (QED) is 0.496. The van der Waals surface area contributed by atoms with E-state index < -0.39 is 0 Å². The van der Waals surface area contributed by atoms with Crippen molar-refractivity contribution in [3.8, 4) is 0 Å². The Balaban J connectivity index is 2.38. The fourth-order valence-electron chi connectivity index (χ4n) is 1.56. The van der Waals surface area contributed by atoms with Gasteiger partial charge in [0, 0.05) is 10.6 Å². The first kappa shape index (κ1) is 12.0. The van der Waals surface area contributed by atoms with Gasteiger partial charge in [-0.25, -0.2) is 4.98 Å². The number of H-pyrrole nitrogens is 1. The zero-order valence-electron chi connectivity index (χ0n) is 9.69. The van der Waals surface area contributed by atoms with Crippen LogP contribution >= 0.6 is 11.8 Å². The maximum absolute atomic E-state index is 11.5. The van der Waals surface area contributed by atoms with Crippen LogP contribution in [-0.4, -0.2) is 15.7 Å². The molecule has 90 valence electrons. The molecule has 1 aromatic heterocycles. The maximum atomic E-state index is 11.5. The summed E-state index contributed by atoms with van der Waals surface area (Å²) in [6.07, 6.45) is 3.74. The number of benzene rings is 1. The Hall–Kier alpha value is -1.49. The zero-order valence-corrected chi connectivity index (χ0v) is 10.5. The molecule has 2 rings (SSSR count). The summed E-state index contributed by atoms with van der Waals surface area (Å²) in [7, 11) is 0. The van der Waals surface area contributed by atoms with E-state index in [-0.39, 0.29) is 5.56 Å².